The SMILES string of the molecule is O=C(/C=C/CNC(=O)OCC1c2ccccc2-c2ccccc21)N[C@@H](C(=O)O)c1ccccc1Cl. The van der Waals surface area contributed by atoms with Crippen LogP contribution in [-0.4, -0.2) is 36.2 Å². The van der Waals surface area contributed by atoms with Crippen LogP contribution in [0, 0.1) is 0 Å². The predicted octanol–water partition coefficient (Wildman–Crippen LogP) is 4.68. The predicted molar refractivity (Wildman–Crippen MR) is 132 cm³/mol. The Hall–Kier alpha value is -4.10. The highest BCUT2D eigenvalue weighted by molar-refractivity contribution is 6.31. The highest BCUT2D eigenvalue weighted by Crippen LogP contribution is 2.44. The summed E-state index contributed by atoms with van der Waals surface area (Å²) >= 11 is 6.05. The van der Waals surface area contributed by atoms with E-state index in [1.54, 1.807) is 18.2 Å². The molecule has 2 amide bonds. The van der Waals surface area contributed by atoms with Crippen LogP contribution in [0.15, 0.2) is 84.9 Å². The third-order valence-electron chi connectivity index (χ3n) is 5.73. The Morgan fingerprint density at radius 1 is 0.943 bits per heavy atom. The molecule has 7 nitrogen and oxygen atoms in total. The molecule has 35 heavy (non-hydrogen) atoms. The standard InChI is InChI=1S/C27H23ClN2O5/c28-23-13-6-5-12-21(23)25(26(32)33)30-24(31)14-7-15-29-27(34)35-16-22-19-10-3-1-8-17(19)18-9-2-4-11-20(18)22/h1-14,22,25H,15-16H2,(H,29,34)(H,30,31)(H,32,33)/b14-7+/t25-/m1/s1. The van der Waals surface area contributed by atoms with E-state index in [1.165, 1.54) is 12.1 Å². The summed E-state index contributed by atoms with van der Waals surface area (Å²) in [6, 6.07) is 21.2. The third kappa shape index (κ3) is 5.53. The Morgan fingerprint density at radius 2 is 1.54 bits per heavy atom. The molecule has 1 atom stereocenters. The molecule has 8 heteroatoms. The van der Waals surface area contributed by atoms with E-state index in [1.807, 2.05) is 36.4 Å². The number of halogens is 1. The van der Waals surface area contributed by atoms with Gasteiger partial charge in [-0.3, -0.25) is 4.79 Å². The first kappa shape index (κ1) is 24.0. The number of carbonyl (C=O) groups is 3. The molecule has 3 N–H and O–H groups in total. The van der Waals surface area contributed by atoms with Crippen LogP contribution in [0.2, 0.25) is 5.02 Å². The second-order valence-corrected chi connectivity index (χ2v) is 8.32. The molecule has 0 aliphatic heterocycles. The second-order valence-electron chi connectivity index (χ2n) is 7.91. The molecule has 0 fully saturated rings. The van der Waals surface area contributed by atoms with Crippen LogP contribution in [0.5, 0.6) is 0 Å². The lowest BCUT2D eigenvalue weighted by Crippen LogP contribution is -2.33. The summed E-state index contributed by atoms with van der Waals surface area (Å²) in [5, 5.41) is 14.6. The minimum atomic E-state index is -1.30. The van der Waals surface area contributed by atoms with Gasteiger partial charge >= 0.3 is 12.1 Å². The van der Waals surface area contributed by atoms with Crippen molar-refractivity contribution in [3.8, 4) is 11.1 Å². The quantitative estimate of drug-likeness (QED) is 0.398. The first-order valence-electron chi connectivity index (χ1n) is 11.0. The zero-order chi connectivity index (χ0) is 24.8. The fourth-order valence-corrected chi connectivity index (χ4v) is 4.37. The number of alkyl carbamates (subject to hydrolysis) is 1. The summed E-state index contributed by atoms with van der Waals surface area (Å²) in [6.45, 7) is 0.218. The van der Waals surface area contributed by atoms with Gasteiger partial charge in [0.25, 0.3) is 0 Å². The molecule has 0 spiro atoms. The van der Waals surface area contributed by atoms with Crippen molar-refractivity contribution >= 4 is 29.6 Å². The minimum absolute atomic E-state index is 0.0356. The number of hydrogen-bond acceptors (Lipinski definition) is 4. The number of amides is 2. The van der Waals surface area contributed by atoms with Gasteiger partial charge in [-0.2, -0.15) is 0 Å². The van der Waals surface area contributed by atoms with Crippen LogP contribution in [0.3, 0.4) is 0 Å². The van der Waals surface area contributed by atoms with Gasteiger partial charge in [-0.05, 0) is 28.3 Å². The molecule has 0 saturated carbocycles. The van der Waals surface area contributed by atoms with Crippen LogP contribution in [0.25, 0.3) is 11.1 Å². The van der Waals surface area contributed by atoms with Gasteiger partial charge in [0, 0.05) is 29.1 Å². The molecular weight excluding hydrogens is 468 g/mol. The Labute approximate surface area is 207 Å². The molecule has 0 bridgehead atoms. The summed E-state index contributed by atoms with van der Waals surface area (Å²) in [5.74, 6) is -1.92. The fraction of sp³-hybridized carbons (Fsp3) is 0.148. The number of rotatable bonds is 8. The zero-order valence-corrected chi connectivity index (χ0v) is 19.4. The first-order valence-corrected chi connectivity index (χ1v) is 11.4. The number of carboxylic acid groups (broad SMARTS) is 1. The molecule has 178 valence electrons. The molecule has 1 aliphatic rings. The second kappa shape index (κ2) is 10.9. The van der Waals surface area contributed by atoms with Crippen molar-refractivity contribution in [3.05, 3.63) is 107 Å². The zero-order valence-electron chi connectivity index (χ0n) is 18.6. The van der Waals surface area contributed by atoms with Gasteiger partial charge in [0.05, 0.1) is 0 Å². The number of carbonyl (C=O) groups excluding carboxylic acids is 2. The maximum atomic E-state index is 12.2. The lowest BCUT2D eigenvalue weighted by molar-refractivity contribution is -0.141. The van der Waals surface area contributed by atoms with Crippen LogP contribution < -0.4 is 10.6 Å². The van der Waals surface area contributed by atoms with Crippen LogP contribution in [0.1, 0.15) is 28.7 Å². The third-order valence-corrected chi connectivity index (χ3v) is 6.07. The van der Waals surface area contributed by atoms with Crippen molar-refractivity contribution < 1.29 is 24.2 Å². The van der Waals surface area contributed by atoms with Gasteiger partial charge in [0.2, 0.25) is 5.91 Å². The van der Waals surface area contributed by atoms with Crippen LogP contribution in [-0.2, 0) is 14.3 Å². The van der Waals surface area contributed by atoms with Crippen molar-refractivity contribution in [1.29, 1.82) is 0 Å². The number of benzene rings is 3. The topological polar surface area (TPSA) is 105 Å². The number of fused-ring (bicyclic) bond motifs is 3. The summed E-state index contributed by atoms with van der Waals surface area (Å²) in [4.78, 5) is 35.9. The van der Waals surface area contributed by atoms with Gasteiger partial charge in [0.15, 0.2) is 6.04 Å². The number of aliphatic carboxylic acids is 1. The Balaban J connectivity index is 1.27. The summed E-state index contributed by atoms with van der Waals surface area (Å²) in [6.07, 6.45) is 1.94. The van der Waals surface area contributed by atoms with Crippen molar-refractivity contribution in [1.82, 2.24) is 10.6 Å². The van der Waals surface area contributed by atoms with Crippen molar-refractivity contribution in [2.24, 2.45) is 0 Å². The van der Waals surface area contributed by atoms with E-state index < -0.39 is 24.0 Å². The van der Waals surface area contributed by atoms with E-state index in [0.717, 1.165) is 28.3 Å². The van der Waals surface area contributed by atoms with Crippen molar-refractivity contribution in [3.63, 3.8) is 0 Å². The molecular formula is C27H23ClN2O5. The van der Waals surface area contributed by atoms with E-state index >= 15 is 0 Å². The first-order chi connectivity index (χ1) is 17.0. The lowest BCUT2D eigenvalue weighted by Gasteiger charge is -2.15. The molecule has 0 unspecified atom stereocenters. The fourth-order valence-electron chi connectivity index (χ4n) is 4.13. The van der Waals surface area contributed by atoms with Crippen LogP contribution in [0.4, 0.5) is 4.79 Å². The Bertz CT molecular complexity index is 1240. The molecule has 3 aromatic rings. The average molecular weight is 491 g/mol. The maximum absolute atomic E-state index is 12.2. The summed E-state index contributed by atoms with van der Waals surface area (Å²) in [5.41, 5.74) is 4.79. The maximum Gasteiger partial charge on any atom is 0.407 e. The number of hydrogen-bond donors (Lipinski definition) is 3. The Kier molecular flexibility index (Phi) is 7.48. The normalized spacial score (nSPS) is 13.1. The molecule has 0 heterocycles. The smallest absolute Gasteiger partial charge is 0.407 e. The molecule has 0 aromatic heterocycles. The number of carboxylic acids is 1. The molecule has 0 saturated heterocycles. The summed E-state index contributed by atoms with van der Waals surface area (Å²) < 4.78 is 5.44. The molecule has 3 aromatic carbocycles. The highest BCUT2D eigenvalue weighted by atomic mass is 35.5. The van der Waals surface area contributed by atoms with Gasteiger partial charge in [-0.1, -0.05) is 84.4 Å². The monoisotopic (exact) mass is 490 g/mol. The molecule has 1 aliphatic carbocycles. The van der Waals surface area contributed by atoms with E-state index in [4.69, 9.17) is 16.3 Å². The summed E-state index contributed by atoms with van der Waals surface area (Å²) in [7, 11) is 0. The molecule has 4 rings (SSSR count). The average Bonchev–Trinajstić information content (AvgIpc) is 3.18. The van der Waals surface area contributed by atoms with Crippen molar-refractivity contribution in [2.75, 3.05) is 13.2 Å². The highest BCUT2D eigenvalue weighted by Gasteiger charge is 2.29. The van der Waals surface area contributed by atoms with E-state index in [2.05, 4.69) is 22.8 Å². The van der Waals surface area contributed by atoms with Gasteiger partial charge in [-0.15, -0.1) is 0 Å². The lowest BCUT2D eigenvalue weighted by atomic mass is 9.98. The number of ether oxygens (including phenoxy) is 1. The molecule has 0 radical (unpaired) electrons. The van der Waals surface area contributed by atoms with Crippen LogP contribution >= 0.6 is 11.6 Å². The number of nitrogens with one attached hydrogen (secondary N) is 2. The van der Waals surface area contributed by atoms with E-state index in [9.17, 15) is 19.5 Å². The largest absolute Gasteiger partial charge is 0.479 e. The van der Waals surface area contributed by atoms with Gasteiger partial charge in [0.1, 0.15) is 6.61 Å². The van der Waals surface area contributed by atoms with Crippen molar-refractivity contribution in [2.45, 2.75) is 12.0 Å². The van der Waals surface area contributed by atoms with E-state index in [-0.39, 0.29) is 29.7 Å². The van der Waals surface area contributed by atoms with Gasteiger partial charge < -0.3 is 20.5 Å². The van der Waals surface area contributed by atoms with Gasteiger partial charge in [-0.25, -0.2) is 9.59 Å². The van der Waals surface area contributed by atoms with E-state index in [0.29, 0.717) is 0 Å². The Morgan fingerprint density at radius 3 is 2.17 bits per heavy atom. The minimum Gasteiger partial charge on any atom is -0.479 e.